The SMILES string of the molecule is O=C(c1cncc(O)c1)N1CC[C@]2(C(=O)Nc3ccccc32)[C@@H]1CCc1ccccc1. The van der Waals surface area contributed by atoms with Gasteiger partial charge in [0.15, 0.2) is 0 Å². The molecule has 31 heavy (non-hydrogen) atoms. The van der Waals surface area contributed by atoms with E-state index in [2.05, 4.69) is 22.4 Å². The number of benzene rings is 2. The van der Waals surface area contributed by atoms with Crippen LogP contribution in [0.2, 0.25) is 0 Å². The summed E-state index contributed by atoms with van der Waals surface area (Å²) in [5.74, 6) is -0.309. The van der Waals surface area contributed by atoms with E-state index in [9.17, 15) is 14.7 Å². The first kappa shape index (κ1) is 19.3. The number of nitrogens with zero attached hydrogens (tertiary/aromatic N) is 2. The summed E-state index contributed by atoms with van der Waals surface area (Å²) in [6.45, 7) is 0.468. The minimum absolute atomic E-state index is 0.0453. The second-order valence-electron chi connectivity index (χ2n) is 8.19. The van der Waals surface area contributed by atoms with E-state index in [0.29, 0.717) is 24.9 Å². The molecule has 0 bridgehead atoms. The number of anilines is 1. The van der Waals surface area contributed by atoms with Gasteiger partial charge in [-0.15, -0.1) is 0 Å². The van der Waals surface area contributed by atoms with Crippen LogP contribution in [-0.2, 0) is 16.6 Å². The number of para-hydroxylation sites is 1. The van der Waals surface area contributed by atoms with Gasteiger partial charge in [-0.3, -0.25) is 14.6 Å². The molecule has 0 unspecified atom stereocenters. The molecule has 2 aromatic carbocycles. The molecule has 5 rings (SSSR count). The van der Waals surface area contributed by atoms with Crippen molar-refractivity contribution in [2.75, 3.05) is 11.9 Å². The van der Waals surface area contributed by atoms with Gasteiger partial charge in [0.2, 0.25) is 5.91 Å². The summed E-state index contributed by atoms with van der Waals surface area (Å²) in [6, 6.07) is 19.0. The molecular formula is C25H23N3O3. The number of likely N-dealkylation sites (tertiary alicyclic amines) is 1. The van der Waals surface area contributed by atoms with E-state index in [-0.39, 0.29) is 23.6 Å². The van der Waals surface area contributed by atoms with Crippen LogP contribution >= 0.6 is 0 Å². The number of pyridine rings is 1. The number of carbonyl (C=O) groups is 2. The summed E-state index contributed by atoms with van der Waals surface area (Å²) >= 11 is 0. The Labute approximate surface area is 180 Å². The van der Waals surface area contributed by atoms with E-state index in [0.717, 1.165) is 17.7 Å². The van der Waals surface area contributed by atoms with E-state index in [1.807, 2.05) is 42.5 Å². The molecule has 2 amide bonds. The third-order valence-electron chi connectivity index (χ3n) is 6.53. The molecule has 0 saturated carbocycles. The fraction of sp³-hybridized carbons (Fsp3) is 0.240. The minimum Gasteiger partial charge on any atom is -0.506 e. The Bertz CT molecular complexity index is 1150. The number of hydrogen-bond donors (Lipinski definition) is 2. The average Bonchev–Trinajstić information content (AvgIpc) is 3.31. The standard InChI is InChI=1S/C25H23N3O3/c29-19-14-18(15-26-16-19)23(30)28-13-12-25(20-8-4-5-9-21(20)27-24(25)31)22(28)11-10-17-6-2-1-3-7-17/h1-9,14-16,22,29H,10-13H2,(H,27,31)/t22-,25+/m0/s1. The number of nitrogens with one attached hydrogen (secondary N) is 1. The lowest BCUT2D eigenvalue weighted by atomic mass is 9.73. The monoisotopic (exact) mass is 413 g/mol. The predicted molar refractivity (Wildman–Crippen MR) is 117 cm³/mol. The van der Waals surface area contributed by atoms with Crippen LogP contribution in [0.25, 0.3) is 0 Å². The van der Waals surface area contributed by atoms with Crippen LogP contribution in [-0.4, -0.2) is 39.4 Å². The van der Waals surface area contributed by atoms with Crippen LogP contribution < -0.4 is 5.32 Å². The first-order valence-corrected chi connectivity index (χ1v) is 10.5. The second kappa shape index (κ2) is 7.54. The summed E-state index contributed by atoms with van der Waals surface area (Å²) in [5.41, 5.74) is 2.51. The van der Waals surface area contributed by atoms with Gasteiger partial charge in [-0.05, 0) is 42.5 Å². The number of carbonyl (C=O) groups excluding carboxylic acids is 2. The number of aromatic nitrogens is 1. The van der Waals surface area contributed by atoms with Crippen molar-refractivity contribution in [3.05, 3.63) is 89.7 Å². The number of aromatic hydroxyl groups is 1. The molecule has 6 nitrogen and oxygen atoms in total. The first-order valence-electron chi connectivity index (χ1n) is 10.5. The van der Waals surface area contributed by atoms with Gasteiger partial charge >= 0.3 is 0 Å². The lowest BCUT2D eigenvalue weighted by molar-refractivity contribution is -0.121. The lowest BCUT2D eigenvalue weighted by Gasteiger charge is -2.34. The van der Waals surface area contributed by atoms with Crippen molar-refractivity contribution in [2.45, 2.75) is 30.7 Å². The Morgan fingerprint density at radius 2 is 1.90 bits per heavy atom. The van der Waals surface area contributed by atoms with Gasteiger partial charge < -0.3 is 15.3 Å². The Balaban J connectivity index is 1.54. The third kappa shape index (κ3) is 3.15. The Hall–Kier alpha value is -3.67. The quantitative estimate of drug-likeness (QED) is 0.686. The van der Waals surface area contributed by atoms with Gasteiger partial charge in [0.1, 0.15) is 5.75 Å². The van der Waals surface area contributed by atoms with E-state index in [1.54, 1.807) is 4.90 Å². The summed E-state index contributed by atoms with van der Waals surface area (Å²) in [7, 11) is 0. The van der Waals surface area contributed by atoms with Crippen molar-refractivity contribution >= 4 is 17.5 Å². The molecule has 2 N–H and O–H groups in total. The topological polar surface area (TPSA) is 82.5 Å². The van der Waals surface area contributed by atoms with Crippen LogP contribution in [0.5, 0.6) is 5.75 Å². The smallest absolute Gasteiger partial charge is 0.255 e. The first-order chi connectivity index (χ1) is 15.1. The highest BCUT2D eigenvalue weighted by Crippen LogP contribution is 2.49. The van der Waals surface area contributed by atoms with Crippen LogP contribution in [0, 0.1) is 0 Å². The van der Waals surface area contributed by atoms with E-state index >= 15 is 0 Å². The molecule has 156 valence electrons. The maximum Gasteiger partial charge on any atom is 0.255 e. The highest BCUT2D eigenvalue weighted by Gasteiger charge is 2.58. The van der Waals surface area contributed by atoms with E-state index in [1.165, 1.54) is 24.0 Å². The molecule has 3 aromatic rings. The zero-order chi connectivity index (χ0) is 21.4. The predicted octanol–water partition coefficient (Wildman–Crippen LogP) is 3.52. The highest BCUT2D eigenvalue weighted by molar-refractivity contribution is 6.08. The van der Waals surface area contributed by atoms with Crippen molar-refractivity contribution in [3.8, 4) is 5.75 Å². The van der Waals surface area contributed by atoms with Gasteiger partial charge in [0.05, 0.1) is 23.2 Å². The van der Waals surface area contributed by atoms with Crippen LogP contribution in [0.4, 0.5) is 5.69 Å². The zero-order valence-electron chi connectivity index (χ0n) is 17.0. The van der Waals surface area contributed by atoms with Crippen molar-refractivity contribution in [1.82, 2.24) is 9.88 Å². The van der Waals surface area contributed by atoms with Crippen molar-refractivity contribution in [2.24, 2.45) is 0 Å². The largest absolute Gasteiger partial charge is 0.506 e. The summed E-state index contributed by atoms with van der Waals surface area (Å²) < 4.78 is 0. The highest BCUT2D eigenvalue weighted by atomic mass is 16.3. The van der Waals surface area contributed by atoms with Crippen LogP contribution in [0.15, 0.2) is 73.1 Å². The number of hydrogen-bond acceptors (Lipinski definition) is 4. The average molecular weight is 413 g/mol. The molecule has 6 heteroatoms. The van der Waals surface area contributed by atoms with Gasteiger partial charge in [-0.1, -0.05) is 48.5 Å². The molecule has 1 saturated heterocycles. The number of rotatable bonds is 4. The molecule has 1 fully saturated rings. The van der Waals surface area contributed by atoms with Gasteiger partial charge in [-0.2, -0.15) is 0 Å². The molecule has 2 aliphatic heterocycles. The van der Waals surface area contributed by atoms with Crippen molar-refractivity contribution in [3.63, 3.8) is 0 Å². The maximum absolute atomic E-state index is 13.4. The second-order valence-corrected chi connectivity index (χ2v) is 8.19. The van der Waals surface area contributed by atoms with Gasteiger partial charge in [-0.25, -0.2) is 0 Å². The third-order valence-corrected chi connectivity index (χ3v) is 6.53. The van der Waals surface area contributed by atoms with Crippen molar-refractivity contribution < 1.29 is 14.7 Å². The van der Waals surface area contributed by atoms with Crippen LogP contribution in [0.1, 0.15) is 34.3 Å². The Kier molecular flexibility index (Phi) is 4.70. The minimum atomic E-state index is -0.773. The van der Waals surface area contributed by atoms with E-state index in [4.69, 9.17) is 0 Å². The lowest BCUT2D eigenvalue weighted by Crippen LogP contribution is -2.49. The molecule has 0 aliphatic carbocycles. The van der Waals surface area contributed by atoms with Crippen LogP contribution in [0.3, 0.4) is 0 Å². The molecule has 2 aliphatic rings. The molecule has 1 spiro atoms. The summed E-state index contributed by atoms with van der Waals surface area (Å²) in [5, 5.41) is 12.8. The summed E-state index contributed by atoms with van der Waals surface area (Å²) in [4.78, 5) is 32.5. The molecular weight excluding hydrogens is 390 g/mol. The Morgan fingerprint density at radius 3 is 2.71 bits per heavy atom. The van der Waals surface area contributed by atoms with Crippen molar-refractivity contribution in [1.29, 1.82) is 0 Å². The fourth-order valence-corrected chi connectivity index (χ4v) is 5.11. The summed E-state index contributed by atoms with van der Waals surface area (Å²) in [6.07, 6.45) is 4.74. The number of aryl methyl sites for hydroxylation is 1. The normalized spacial score (nSPS) is 21.9. The van der Waals surface area contributed by atoms with Gasteiger partial charge in [0, 0.05) is 18.4 Å². The number of amides is 2. The molecule has 3 heterocycles. The molecule has 0 radical (unpaired) electrons. The van der Waals surface area contributed by atoms with Gasteiger partial charge in [0.25, 0.3) is 5.91 Å². The molecule has 1 aromatic heterocycles. The van der Waals surface area contributed by atoms with E-state index < -0.39 is 5.41 Å². The zero-order valence-corrected chi connectivity index (χ0v) is 17.0. The number of fused-ring (bicyclic) bond motifs is 2. The molecule has 2 atom stereocenters. The Morgan fingerprint density at radius 1 is 1.13 bits per heavy atom. The maximum atomic E-state index is 13.4. The fourth-order valence-electron chi connectivity index (χ4n) is 5.11.